The lowest BCUT2D eigenvalue weighted by molar-refractivity contribution is -0.357. The molecule has 0 spiro atoms. The highest BCUT2D eigenvalue weighted by atomic mass is 35.5. The third-order valence-electron chi connectivity index (χ3n) is 5.23. The molecular formula is C20H20ClF3O9S. The second-order valence-electron chi connectivity index (χ2n) is 7.57. The van der Waals surface area contributed by atoms with Crippen molar-refractivity contribution in [2.24, 2.45) is 0 Å². The van der Waals surface area contributed by atoms with Crippen molar-refractivity contribution in [3.8, 4) is 5.75 Å². The highest BCUT2D eigenvalue weighted by Gasteiger charge is 2.53. The first-order chi connectivity index (χ1) is 15.7. The standard InChI is InChI=1S/C20H20ClF3O9S/c21-14-6-3-12(19(29)18(28)17(27)16(26)15(9-25)32-19)8-11(14)7-10-1-4-13(5-2-10)33-34(30,31)20(22,23)24/h1-6,8,15-18,25-29H,7,9H2/t15-,16-,17+,18-,19-/m1/s1. The van der Waals surface area contributed by atoms with Crippen LogP contribution in [0.4, 0.5) is 13.2 Å². The van der Waals surface area contributed by atoms with E-state index in [1.165, 1.54) is 30.3 Å². The molecule has 0 bridgehead atoms. The molecule has 0 aromatic heterocycles. The van der Waals surface area contributed by atoms with Gasteiger partial charge < -0.3 is 34.5 Å². The van der Waals surface area contributed by atoms with Crippen molar-refractivity contribution in [1.29, 1.82) is 0 Å². The van der Waals surface area contributed by atoms with Gasteiger partial charge in [0.05, 0.1) is 6.61 Å². The molecule has 0 unspecified atom stereocenters. The molecule has 9 nitrogen and oxygen atoms in total. The molecule has 5 N–H and O–H groups in total. The van der Waals surface area contributed by atoms with E-state index in [-0.39, 0.29) is 17.0 Å². The van der Waals surface area contributed by atoms with Gasteiger partial charge in [0.25, 0.3) is 0 Å². The molecule has 1 saturated heterocycles. The van der Waals surface area contributed by atoms with E-state index >= 15 is 0 Å². The Balaban J connectivity index is 1.85. The molecular weight excluding hydrogens is 509 g/mol. The molecule has 1 fully saturated rings. The lowest BCUT2D eigenvalue weighted by Crippen LogP contribution is -2.63. The van der Waals surface area contributed by atoms with Gasteiger partial charge in [0, 0.05) is 10.6 Å². The fourth-order valence-electron chi connectivity index (χ4n) is 3.38. The summed E-state index contributed by atoms with van der Waals surface area (Å²) in [5.74, 6) is -3.06. The molecule has 3 rings (SSSR count). The van der Waals surface area contributed by atoms with Crippen LogP contribution in [0.3, 0.4) is 0 Å². The summed E-state index contributed by atoms with van der Waals surface area (Å²) in [6.07, 6.45) is -6.82. The number of benzene rings is 2. The molecule has 188 valence electrons. The molecule has 1 aliphatic rings. The smallest absolute Gasteiger partial charge is 0.394 e. The lowest BCUT2D eigenvalue weighted by Gasteiger charge is -2.45. The number of aliphatic hydroxyl groups is 5. The molecule has 1 heterocycles. The van der Waals surface area contributed by atoms with Crippen LogP contribution in [0.25, 0.3) is 0 Å². The summed E-state index contributed by atoms with van der Waals surface area (Å²) in [5, 5.41) is 50.8. The van der Waals surface area contributed by atoms with Gasteiger partial charge in [0.15, 0.2) is 0 Å². The second-order valence-corrected chi connectivity index (χ2v) is 9.52. The van der Waals surface area contributed by atoms with Gasteiger partial charge in [-0.2, -0.15) is 21.6 Å². The minimum atomic E-state index is -5.82. The maximum Gasteiger partial charge on any atom is 0.534 e. The van der Waals surface area contributed by atoms with Crippen molar-refractivity contribution in [1.82, 2.24) is 0 Å². The summed E-state index contributed by atoms with van der Waals surface area (Å²) < 4.78 is 68.9. The Kier molecular flexibility index (Phi) is 7.51. The largest absolute Gasteiger partial charge is 0.534 e. The molecule has 2 aromatic rings. The normalized spacial score (nSPS) is 28.0. The van der Waals surface area contributed by atoms with E-state index in [9.17, 15) is 47.1 Å². The van der Waals surface area contributed by atoms with Crippen molar-refractivity contribution in [2.75, 3.05) is 6.61 Å². The minimum absolute atomic E-state index is 0.0553. The number of halogens is 4. The van der Waals surface area contributed by atoms with E-state index in [4.69, 9.17) is 16.3 Å². The van der Waals surface area contributed by atoms with Gasteiger partial charge in [-0.1, -0.05) is 29.8 Å². The highest BCUT2D eigenvalue weighted by Crippen LogP contribution is 2.38. The lowest BCUT2D eigenvalue weighted by atomic mass is 9.87. The Morgan fingerprint density at radius 1 is 1.06 bits per heavy atom. The number of hydrogen-bond acceptors (Lipinski definition) is 9. The van der Waals surface area contributed by atoms with E-state index in [0.717, 1.165) is 12.1 Å². The summed E-state index contributed by atoms with van der Waals surface area (Å²) in [5.41, 5.74) is -4.80. The molecule has 0 aliphatic carbocycles. The van der Waals surface area contributed by atoms with Gasteiger partial charge >= 0.3 is 15.6 Å². The fourth-order valence-corrected chi connectivity index (χ4v) is 4.03. The number of rotatable bonds is 6. The Hall–Kier alpha value is -1.97. The third kappa shape index (κ3) is 5.16. The average molecular weight is 529 g/mol. The van der Waals surface area contributed by atoms with Crippen LogP contribution in [-0.4, -0.2) is 70.5 Å². The Labute approximate surface area is 196 Å². The van der Waals surface area contributed by atoms with Crippen LogP contribution in [0, 0.1) is 0 Å². The first kappa shape index (κ1) is 26.6. The van der Waals surface area contributed by atoms with Gasteiger partial charge in [-0.25, -0.2) is 0 Å². The number of ether oxygens (including phenoxy) is 1. The first-order valence-electron chi connectivity index (χ1n) is 9.63. The van der Waals surface area contributed by atoms with E-state index in [1.807, 2.05) is 0 Å². The first-order valence-corrected chi connectivity index (χ1v) is 11.4. The maximum atomic E-state index is 12.5. The third-order valence-corrected chi connectivity index (χ3v) is 6.58. The summed E-state index contributed by atoms with van der Waals surface area (Å²) in [4.78, 5) is 0. The summed E-state index contributed by atoms with van der Waals surface area (Å²) in [7, 11) is -5.82. The topological polar surface area (TPSA) is 154 Å². The zero-order valence-electron chi connectivity index (χ0n) is 17.1. The predicted octanol–water partition coefficient (Wildman–Crippen LogP) is 0.778. The number of alkyl halides is 3. The van der Waals surface area contributed by atoms with Crippen LogP contribution in [0.2, 0.25) is 5.02 Å². The predicted molar refractivity (Wildman–Crippen MR) is 110 cm³/mol. The van der Waals surface area contributed by atoms with Crippen LogP contribution < -0.4 is 4.18 Å². The quantitative estimate of drug-likeness (QED) is 0.270. The maximum absolute atomic E-state index is 12.5. The van der Waals surface area contributed by atoms with Crippen LogP contribution in [0.1, 0.15) is 16.7 Å². The molecule has 5 atom stereocenters. The van der Waals surface area contributed by atoms with Crippen LogP contribution in [0.5, 0.6) is 5.75 Å². The van der Waals surface area contributed by atoms with Gasteiger partial charge in [-0.05, 0) is 41.8 Å². The van der Waals surface area contributed by atoms with Crippen LogP contribution >= 0.6 is 11.6 Å². The summed E-state index contributed by atoms with van der Waals surface area (Å²) >= 11 is 6.20. The molecule has 0 amide bonds. The van der Waals surface area contributed by atoms with Gasteiger partial charge in [-0.15, -0.1) is 0 Å². The molecule has 1 aliphatic heterocycles. The van der Waals surface area contributed by atoms with Crippen LogP contribution in [-0.2, 0) is 27.1 Å². The molecule has 34 heavy (non-hydrogen) atoms. The van der Waals surface area contributed by atoms with Gasteiger partial charge in [-0.3, -0.25) is 0 Å². The number of aliphatic hydroxyl groups excluding tert-OH is 4. The Morgan fingerprint density at radius 3 is 2.24 bits per heavy atom. The van der Waals surface area contributed by atoms with Crippen molar-refractivity contribution >= 4 is 21.7 Å². The van der Waals surface area contributed by atoms with E-state index in [2.05, 4.69) is 4.18 Å². The fraction of sp³-hybridized carbons (Fsp3) is 0.400. The zero-order chi connectivity index (χ0) is 25.5. The monoisotopic (exact) mass is 528 g/mol. The van der Waals surface area contributed by atoms with E-state index < -0.39 is 58.2 Å². The van der Waals surface area contributed by atoms with Crippen molar-refractivity contribution in [2.45, 2.75) is 42.1 Å². The molecule has 0 saturated carbocycles. The Morgan fingerprint density at radius 2 is 1.68 bits per heavy atom. The molecule has 2 aromatic carbocycles. The minimum Gasteiger partial charge on any atom is -0.394 e. The highest BCUT2D eigenvalue weighted by molar-refractivity contribution is 7.88. The van der Waals surface area contributed by atoms with Crippen LogP contribution in [0.15, 0.2) is 42.5 Å². The summed E-state index contributed by atoms with van der Waals surface area (Å²) in [6, 6.07) is 8.62. The average Bonchev–Trinajstić information content (AvgIpc) is 2.76. The zero-order valence-corrected chi connectivity index (χ0v) is 18.6. The van der Waals surface area contributed by atoms with Crippen molar-refractivity contribution < 1.29 is 56.0 Å². The number of hydrogen-bond donors (Lipinski definition) is 5. The SMILES string of the molecule is O=S(=O)(Oc1ccc(Cc2cc([C@@]3(O)O[C@H](CO)[C@@H](O)[C@H](O)[C@H]3O)ccc2Cl)cc1)C(F)(F)F. The van der Waals surface area contributed by atoms with Gasteiger partial charge in [0.1, 0.15) is 30.2 Å². The van der Waals surface area contributed by atoms with E-state index in [0.29, 0.717) is 11.1 Å². The van der Waals surface area contributed by atoms with E-state index in [1.54, 1.807) is 0 Å². The molecule has 0 radical (unpaired) electrons. The second kappa shape index (κ2) is 9.59. The van der Waals surface area contributed by atoms with Crippen molar-refractivity contribution in [3.05, 3.63) is 64.2 Å². The van der Waals surface area contributed by atoms with Crippen molar-refractivity contribution in [3.63, 3.8) is 0 Å². The summed E-state index contributed by atoms with van der Waals surface area (Å²) in [6.45, 7) is -0.758. The molecule has 14 heteroatoms. The Bertz CT molecular complexity index is 1130. The van der Waals surface area contributed by atoms with Gasteiger partial charge in [0.2, 0.25) is 5.79 Å².